The molecule has 0 spiro atoms. The first-order valence-corrected chi connectivity index (χ1v) is 19.2. The van der Waals surface area contributed by atoms with E-state index in [4.69, 9.17) is 9.47 Å². The lowest BCUT2D eigenvalue weighted by atomic mass is 10.0. The van der Waals surface area contributed by atoms with Crippen molar-refractivity contribution in [2.24, 2.45) is 5.92 Å². The number of hydrogen-bond donors (Lipinski definition) is 4. The van der Waals surface area contributed by atoms with Crippen LogP contribution in [0.15, 0.2) is 30.4 Å². The summed E-state index contributed by atoms with van der Waals surface area (Å²) in [5.74, 6) is -2.48. The number of hydrogen-bond acceptors (Lipinski definition) is 10. The van der Waals surface area contributed by atoms with E-state index >= 15 is 0 Å². The first-order chi connectivity index (χ1) is 24.0. The summed E-state index contributed by atoms with van der Waals surface area (Å²) in [4.78, 5) is 71.0. The van der Waals surface area contributed by atoms with Gasteiger partial charge >= 0.3 is 12.2 Å². The van der Waals surface area contributed by atoms with Gasteiger partial charge in [-0.1, -0.05) is 31.1 Å². The van der Waals surface area contributed by atoms with E-state index in [2.05, 4.69) is 15.4 Å². The first kappa shape index (κ1) is 36.5. The number of alkyl carbamates (subject to hydrolysis) is 1. The second-order valence-corrected chi connectivity index (χ2v) is 17.2. The molecule has 0 bridgehead atoms. The van der Waals surface area contributed by atoms with Crippen LogP contribution in [-0.2, 0) is 47.0 Å². The van der Waals surface area contributed by atoms with Gasteiger partial charge in [-0.25, -0.2) is 18.0 Å². The smallest absolute Gasteiger partial charge is 0.410 e. The van der Waals surface area contributed by atoms with Gasteiger partial charge in [-0.05, 0) is 82.6 Å². The lowest BCUT2D eigenvalue weighted by Crippen LogP contribution is -2.58. The number of sulfonamides is 1. The van der Waals surface area contributed by atoms with E-state index in [0.717, 1.165) is 24.0 Å². The molecule has 1 saturated heterocycles. The van der Waals surface area contributed by atoms with E-state index in [1.165, 1.54) is 15.9 Å². The molecule has 1 aromatic rings. The second-order valence-electron chi connectivity index (χ2n) is 15.3. The summed E-state index contributed by atoms with van der Waals surface area (Å²) >= 11 is 0. The van der Waals surface area contributed by atoms with Crippen molar-refractivity contribution in [1.82, 2.24) is 25.2 Å². The molecule has 3 heterocycles. The Kier molecular flexibility index (Phi) is 10.0. The van der Waals surface area contributed by atoms with Crippen LogP contribution in [-0.4, -0.2) is 94.4 Å². The fraction of sp³-hybridized carbons (Fsp3) is 0.629. The van der Waals surface area contributed by atoms with Gasteiger partial charge in [-0.3, -0.25) is 24.0 Å². The van der Waals surface area contributed by atoms with Crippen LogP contribution in [0.4, 0.5) is 9.59 Å². The molecule has 278 valence electrons. The minimum absolute atomic E-state index is 0.0771. The van der Waals surface area contributed by atoms with Gasteiger partial charge in [0.1, 0.15) is 35.1 Å². The number of fused-ring (bicyclic) bond motifs is 3. The largest absolute Gasteiger partial charge is 0.508 e. The van der Waals surface area contributed by atoms with Crippen LogP contribution in [0.1, 0.15) is 89.7 Å². The third kappa shape index (κ3) is 8.42. The Labute approximate surface area is 297 Å². The summed E-state index contributed by atoms with van der Waals surface area (Å²) in [5.41, 5.74) is -0.738. The Morgan fingerprint density at radius 2 is 1.78 bits per heavy atom. The average molecular weight is 730 g/mol. The number of nitrogens with one attached hydrogen (secondary N) is 3. The van der Waals surface area contributed by atoms with Crippen LogP contribution >= 0.6 is 0 Å². The maximum absolute atomic E-state index is 14.3. The lowest BCUT2D eigenvalue weighted by molar-refractivity contribution is -0.141. The minimum atomic E-state index is -3.91. The van der Waals surface area contributed by atoms with Gasteiger partial charge in [0.15, 0.2) is 0 Å². The van der Waals surface area contributed by atoms with Crippen LogP contribution in [0.25, 0.3) is 0 Å². The molecule has 5 amide bonds. The summed E-state index contributed by atoms with van der Waals surface area (Å²) in [6.45, 7) is 5.41. The highest BCUT2D eigenvalue weighted by atomic mass is 32.2. The monoisotopic (exact) mass is 729 g/mol. The van der Waals surface area contributed by atoms with Crippen molar-refractivity contribution in [3.63, 3.8) is 0 Å². The molecule has 0 radical (unpaired) electrons. The molecule has 0 aromatic heterocycles. The van der Waals surface area contributed by atoms with Crippen LogP contribution in [0, 0.1) is 5.92 Å². The van der Waals surface area contributed by atoms with Gasteiger partial charge in [0.2, 0.25) is 21.8 Å². The number of phenolic OH excluding ortho intramolecular Hbond substituents is 1. The number of phenols is 1. The number of allylic oxidation sites excluding steroid dienone is 1. The van der Waals surface area contributed by atoms with Crippen molar-refractivity contribution in [1.29, 1.82) is 0 Å². The van der Waals surface area contributed by atoms with Gasteiger partial charge in [-0.2, -0.15) is 0 Å². The molecular formula is C35H47N5O10S. The third-order valence-electron chi connectivity index (χ3n) is 9.97. The number of benzene rings is 1. The molecule has 6 rings (SSSR count). The molecule has 15 nitrogen and oxygen atoms in total. The van der Waals surface area contributed by atoms with Gasteiger partial charge < -0.3 is 30.1 Å². The number of aromatic hydroxyl groups is 1. The number of rotatable bonds is 5. The molecule has 3 fully saturated rings. The van der Waals surface area contributed by atoms with E-state index in [-0.39, 0.29) is 44.6 Å². The van der Waals surface area contributed by atoms with Crippen molar-refractivity contribution in [2.45, 2.75) is 126 Å². The zero-order valence-electron chi connectivity index (χ0n) is 29.2. The summed E-state index contributed by atoms with van der Waals surface area (Å²) in [6, 6.07) is 2.59. The molecular weight excluding hydrogens is 682 g/mol. The van der Waals surface area contributed by atoms with Crippen molar-refractivity contribution >= 4 is 39.9 Å². The summed E-state index contributed by atoms with van der Waals surface area (Å²) < 4.78 is 39.0. The maximum atomic E-state index is 14.3. The Hall–Kier alpha value is -4.34. The SMILES string of the molecule is CC(C)(C)OC(=O)N[C@H]1CCCCC/C=C/[C@@H]2C[C@@]2(C(=O)NS(=O)(=O)C2CC2)NC(=O)[C@@H]2C[C@@H](OC(=O)N3Cc4ccc(O)cc4C3)CN2C1=O. The highest BCUT2D eigenvalue weighted by Gasteiger charge is 2.62. The van der Waals surface area contributed by atoms with E-state index in [0.29, 0.717) is 25.7 Å². The van der Waals surface area contributed by atoms with E-state index in [1.807, 2.05) is 12.2 Å². The minimum Gasteiger partial charge on any atom is -0.508 e. The predicted octanol–water partition coefficient (Wildman–Crippen LogP) is 2.71. The van der Waals surface area contributed by atoms with Crippen molar-refractivity contribution in [3.8, 4) is 5.75 Å². The Morgan fingerprint density at radius 1 is 1.04 bits per heavy atom. The zero-order valence-corrected chi connectivity index (χ0v) is 30.0. The molecule has 2 aliphatic carbocycles. The Balaban J connectivity index is 1.25. The highest BCUT2D eigenvalue weighted by molar-refractivity contribution is 7.91. The Bertz CT molecular complexity index is 1720. The quantitative estimate of drug-likeness (QED) is 0.327. The fourth-order valence-electron chi connectivity index (χ4n) is 7.02. The summed E-state index contributed by atoms with van der Waals surface area (Å²) in [6.07, 6.45) is 5.38. The summed E-state index contributed by atoms with van der Waals surface area (Å²) in [7, 11) is -3.91. The van der Waals surface area contributed by atoms with Crippen LogP contribution in [0.5, 0.6) is 5.75 Å². The summed E-state index contributed by atoms with van der Waals surface area (Å²) in [5, 5.41) is 14.7. The van der Waals surface area contributed by atoms with Crippen molar-refractivity contribution in [2.75, 3.05) is 6.54 Å². The number of ether oxygens (including phenoxy) is 2. The average Bonchev–Trinajstić information content (AvgIpc) is 3.93. The maximum Gasteiger partial charge on any atom is 0.410 e. The van der Waals surface area contributed by atoms with Crippen LogP contribution in [0.2, 0.25) is 0 Å². The van der Waals surface area contributed by atoms with Crippen molar-refractivity contribution in [3.05, 3.63) is 41.5 Å². The lowest BCUT2D eigenvalue weighted by Gasteiger charge is -2.30. The first-order valence-electron chi connectivity index (χ1n) is 17.7. The van der Waals surface area contributed by atoms with Crippen LogP contribution in [0.3, 0.4) is 0 Å². The van der Waals surface area contributed by atoms with Gasteiger partial charge in [0.05, 0.1) is 11.8 Å². The molecule has 5 atom stereocenters. The Morgan fingerprint density at radius 3 is 2.51 bits per heavy atom. The normalized spacial score (nSPS) is 28.9. The molecule has 2 saturated carbocycles. The fourth-order valence-corrected chi connectivity index (χ4v) is 8.39. The van der Waals surface area contributed by atoms with E-state index < -0.39 is 80.4 Å². The molecule has 5 aliphatic rings. The van der Waals surface area contributed by atoms with E-state index in [9.17, 15) is 37.5 Å². The highest BCUT2D eigenvalue weighted by Crippen LogP contribution is 2.46. The molecule has 1 aromatic carbocycles. The van der Waals surface area contributed by atoms with Gasteiger partial charge in [-0.15, -0.1) is 0 Å². The van der Waals surface area contributed by atoms with Crippen molar-refractivity contribution < 1.29 is 47.0 Å². The standard InChI is InChI=1S/C35H47N5O10S/c1-34(2,3)50-32(45)36-27-10-8-6-4-5-7-9-23-17-35(23,31(44)38-51(47,48)26-13-14-26)37-29(42)28-16-25(20-40(28)30(27)43)49-33(46)39-18-21-11-12-24(41)15-22(21)19-39/h7,9,11-12,15,23,25-28,41H,4-6,8,10,13-14,16-20H2,1-3H3,(H,36,45)(H,37,42)(H,38,44)/b9-7+/t23-,25-,27+,28+,35-/m1/s1. The number of carbonyl (C=O) groups is 5. The zero-order chi connectivity index (χ0) is 36.7. The second kappa shape index (κ2) is 14.0. The molecule has 16 heteroatoms. The topological polar surface area (TPSA) is 201 Å². The van der Waals surface area contributed by atoms with Gasteiger partial charge in [0.25, 0.3) is 5.91 Å². The number of carbonyl (C=O) groups excluding carboxylic acids is 5. The van der Waals surface area contributed by atoms with Gasteiger partial charge in [0, 0.05) is 25.4 Å². The number of amides is 5. The molecule has 0 unspecified atom stereocenters. The molecule has 51 heavy (non-hydrogen) atoms. The third-order valence-corrected chi connectivity index (χ3v) is 11.8. The predicted molar refractivity (Wildman–Crippen MR) is 182 cm³/mol. The van der Waals surface area contributed by atoms with E-state index in [1.54, 1.807) is 32.9 Å². The molecule has 4 N–H and O–H groups in total. The van der Waals surface area contributed by atoms with Crippen LogP contribution < -0.4 is 15.4 Å². The number of nitrogens with zero attached hydrogens (tertiary/aromatic N) is 2. The molecule has 3 aliphatic heterocycles.